The molecule has 0 bridgehead atoms. The fourth-order valence-corrected chi connectivity index (χ4v) is 4.68. The molecule has 2 aliphatic heterocycles. The minimum Gasteiger partial charge on any atom is -0.457 e. The SMILES string of the molecule is CNC(=O)c1cc(Oc2ccc3c(c2)N=C(c2ccc(CN4CCOCC4)cc2)C(C)CC3)ccn1. The van der Waals surface area contributed by atoms with Crippen molar-refractivity contribution >= 4 is 17.3 Å². The van der Waals surface area contributed by atoms with Crippen molar-refractivity contribution in [2.24, 2.45) is 10.9 Å². The summed E-state index contributed by atoms with van der Waals surface area (Å²) in [4.78, 5) is 23.6. The van der Waals surface area contributed by atoms with Crippen LogP contribution in [0.4, 0.5) is 5.69 Å². The molecule has 1 atom stereocenters. The van der Waals surface area contributed by atoms with Gasteiger partial charge in [-0.05, 0) is 47.6 Å². The van der Waals surface area contributed by atoms with E-state index in [0.29, 0.717) is 23.1 Å². The van der Waals surface area contributed by atoms with Crippen molar-refractivity contribution in [2.45, 2.75) is 26.3 Å². The van der Waals surface area contributed by atoms with Crippen molar-refractivity contribution < 1.29 is 14.3 Å². The predicted molar refractivity (Wildman–Crippen MR) is 140 cm³/mol. The van der Waals surface area contributed by atoms with Crippen LogP contribution in [-0.4, -0.2) is 54.9 Å². The zero-order valence-corrected chi connectivity index (χ0v) is 20.9. The molecule has 7 heteroatoms. The van der Waals surface area contributed by atoms with Crippen molar-refractivity contribution in [3.05, 3.63) is 83.2 Å². The number of nitrogens with one attached hydrogen (secondary N) is 1. The molecule has 36 heavy (non-hydrogen) atoms. The third kappa shape index (κ3) is 5.64. The van der Waals surface area contributed by atoms with Gasteiger partial charge in [-0.15, -0.1) is 0 Å². The molecule has 1 unspecified atom stereocenters. The molecule has 0 aliphatic carbocycles. The molecular weight excluding hydrogens is 452 g/mol. The Morgan fingerprint density at radius 2 is 1.86 bits per heavy atom. The third-order valence-electron chi connectivity index (χ3n) is 6.80. The van der Waals surface area contributed by atoms with Crippen molar-refractivity contribution in [3.63, 3.8) is 0 Å². The molecule has 7 nitrogen and oxygen atoms in total. The smallest absolute Gasteiger partial charge is 0.269 e. The third-order valence-corrected chi connectivity index (χ3v) is 6.80. The Balaban J connectivity index is 1.37. The minimum atomic E-state index is -0.249. The van der Waals surface area contributed by atoms with Gasteiger partial charge in [-0.1, -0.05) is 37.3 Å². The van der Waals surface area contributed by atoms with E-state index in [-0.39, 0.29) is 5.91 Å². The number of hydrogen-bond acceptors (Lipinski definition) is 6. The topological polar surface area (TPSA) is 76.0 Å². The molecule has 1 aromatic heterocycles. The van der Waals surface area contributed by atoms with Gasteiger partial charge in [0.15, 0.2) is 0 Å². The Kier molecular flexibility index (Phi) is 7.39. The number of hydrogen-bond donors (Lipinski definition) is 1. The van der Waals surface area contributed by atoms with Crippen LogP contribution in [-0.2, 0) is 17.7 Å². The summed E-state index contributed by atoms with van der Waals surface area (Å²) < 4.78 is 11.5. The van der Waals surface area contributed by atoms with Crippen LogP contribution in [0.25, 0.3) is 0 Å². The second-order valence-electron chi connectivity index (χ2n) is 9.37. The largest absolute Gasteiger partial charge is 0.457 e. The van der Waals surface area contributed by atoms with E-state index in [4.69, 9.17) is 14.5 Å². The molecule has 0 spiro atoms. The van der Waals surface area contributed by atoms with Crippen molar-refractivity contribution in [1.82, 2.24) is 15.2 Å². The van der Waals surface area contributed by atoms with Gasteiger partial charge in [0.2, 0.25) is 0 Å². The second-order valence-corrected chi connectivity index (χ2v) is 9.37. The lowest BCUT2D eigenvalue weighted by atomic mass is 9.93. The number of aryl methyl sites for hydroxylation is 1. The van der Waals surface area contributed by atoms with Gasteiger partial charge in [0.25, 0.3) is 5.91 Å². The number of pyridine rings is 1. The Morgan fingerprint density at radius 3 is 2.64 bits per heavy atom. The summed E-state index contributed by atoms with van der Waals surface area (Å²) in [5, 5.41) is 2.59. The Bertz CT molecular complexity index is 1250. The number of amides is 1. The molecule has 5 rings (SSSR count). The minimum absolute atomic E-state index is 0.249. The fraction of sp³-hybridized carbons (Fsp3) is 0.345. The van der Waals surface area contributed by atoms with Crippen molar-refractivity contribution in [1.29, 1.82) is 0 Å². The van der Waals surface area contributed by atoms with Gasteiger partial charge in [-0.2, -0.15) is 0 Å². The number of rotatable bonds is 6. The van der Waals surface area contributed by atoms with Crippen LogP contribution in [0.1, 0.15) is 40.5 Å². The number of carbonyl (C=O) groups is 1. The highest BCUT2D eigenvalue weighted by Gasteiger charge is 2.20. The summed E-state index contributed by atoms with van der Waals surface area (Å²) in [5.74, 6) is 1.34. The summed E-state index contributed by atoms with van der Waals surface area (Å²) in [6, 6.07) is 18.3. The highest BCUT2D eigenvalue weighted by molar-refractivity contribution is 6.04. The van der Waals surface area contributed by atoms with Crippen LogP contribution in [0.2, 0.25) is 0 Å². The van der Waals surface area contributed by atoms with E-state index in [9.17, 15) is 4.79 Å². The van der Waals surface area contributed by atoms with Crippen LogP contribution < -0.4 is 10.1 Å². The number of aromatic nitrogens is 1. The molecule has 1 amide bonds. The van der Waals surface area contributed by atoms with Crippen LogP contribution in [0, 0.1) is 5.92 Å². The standard InChI is InChI=1S/C29H32N4O3/c1-20-3-6-22-9-10-24(36-25-11-12-31-27(18-25)29(34)30-2)17-26(22)32-28(20)23-7-4-21(5-8-23)19-33-13-15-35-16-14-33/h4-5,7-12,17-18,20H,3,6,13-16,19H2,1-2H3,(H,30,34). The summed E-state index contributed by atoms with van der Waals surface area (Å²) in [6.45, 7) is 6.80. The van der Waals surface area contributed by atoms with Crippen LogP contribution in [0.3, 0.4) is 0 Å². The van der Waals surface area contributed by atoms with Crippen LogP contribution in [0.5, 0.6) is 11.5 Å². The van der Waals surface area contributed by atoms with Gasteiger partial charge >= 0.3 is 0 Å². The lowest BCUT2D eigenvalue weighted by Crippen LogP contribution is -2.35. The summed E-state index contributed by atoms with van der Waals surface area (Å²) >= 11 is 0. The van der Waals surface area contributed by atoms with Crippen molar-refractivity contribution in [3.8, 4) is 11.5 Å². The molecule has 3 aromatic rings. The molecular formula is C29H32N4O3. The van der Waals surface area contributed by atoms with Gasteiger partial charge in [0.05, 0.1) is 24.6 Å². The average molecular weight is 485 g/mol. The summed E-state index contributed by atoms with van der Waals surface area (Å²) in [7, 11) is 1.58. The van der Waals surface area contributed by atoms with E-state index in [1.165, 1.54) is 11.1 Å². The van der Waals surface area contributed by atoms with E-state index in [1.807, 2.05) is 12.1 Å². The quantitative estimate of drug-likeness (QED) is 0.546. The highest BCUT2D eigenvalue weighted by Crippen LogP contribution is 2.34. The van der Waals surface area contributed by atoms with Gasteiger partial charge in [-0.3, -0.25) is 19.7 Å². The Hall–Kier alpha value is -3.55. The van der Waals surface area contributed by atoms with E-state index in [1.54, 1.807) is 25.4 Å². The average Bonchev–Trinajstić information content (AvgIpc) is 3.08. The lowest BCUT2D eigenvalue weighted by molar-refractivity contribution is 0.0342. The molecule has 1 N–H and O–H groups in total. The van der Waals surface area contributed by atoms with Crippen LogP contribution in [0.15, 0.2) is 65.8 Å². The normalized spacial score (nSPS) is 18.1. The molecule has 0 saturated carbocycles. The highest BCUT2D eigenvalue weighted by atomic mass is 16.5. The predicted octanol–water partition coefficient (Wildman–Crippen LogP) is 4.77. The number of ether oxygens (including phenoxy) is 2. The van der Waals surface area contributed by atoms with E-state index in [0.717, 1.165) is 62.7 Å². The number of nitrogens with zero attached hydrogens (tertiary/aromatic N) is 3. The maximum Gasteiger partial charge on any atom is 0.269 e. The molecule has 1 fully saturated rings. The summed E-state index contributed by atoms with van der Waals surface area (Å²) in [6.07, 6.45) is 3.58. The van der Waals surface area contributed by atoms with Crippen LogP contribution >= 0.6 is 0 Å². The monoisotopic (exact) mass is 484 g/mol. The fourth-order valence-electron chi connectivity index (χ4n) is 4.68. The first-order valence-corrected chi connectivity index (χ1v) is 12.6. The molecule has 2 aromatic carbocycles. The number of aliphatic imine (C=N–C) groups is 1. The molecule has 1 saturated heterocycles. The number of carbonyl (C=O) groups excluding carboxylic acids is 1. The molecule has 186 valence electrons. The molecule has 0 radical (unpaired) electrons. The first kappa shape index (κ1) is 24.2. The summed E-state index contributed by atoms with van der Waals surface area (Å²) in [5.41, 5.74) is 6.05. The number of benzene rings is 2. The maximum atomic E-state index is 11.9. The van der Waals surface area contributed by atoms with Gasteiger partial charge < -0.3 is 14.8 Å². The van der Waals surface area contributed by atoms with E-state index < -0.39 is 0 Å². The maximum absolute atomic E-state index is 11.9. The number of morpholine rings is 1. The zero-order chi connectivity index (χ0) is 24.9. The molecule has 2 aliphatic rings. The zero-order valence-electron chi connectivity index (χ0n) is 20.9. The first-order chi connectivity index (χ1) is 17.6. The molecule has 3 heterocycles. The van der Waals surface area contributed by atoms with Gasteiger partial charge in [0, 0.05) is 45.0 Å². The lowest BCUT2D eigenvalue weighted by Gasteiger charge is -2.26. The van der Waals surface area contributed by atoms with Crippen molar-refractivity contribution in [2.75, 3.05) is 33.4 Å². The Labute approximate surface area is 212 Å². The van der Waals surface area contributed by atoms with E-state index in [2.05, 4.69) is 52.5 Å². The van der Waals surface area contributed by atoms with Gasteiger partial charge in [-0.25, -0.2) is 0 Å². The number of fused-ring (bicyclic) bond motifs is 1. The first-order valence-electron chi connectivity index (χ1n) is 12.6. The second kappa shape index (κ2) is 11.0. The van der Waals surface area contributed by atoms with Gasteiger partial charge in [0.1, 0.15) is 17.2 Å². The van der Waals surface area contributed by atoms with E-state index >= 15 is 0 Å². The Morgan fingerprint density at radius 1 is 1.08 bits per heavy atom.